The molecule has 1 aromatic rings. The van der Waals surface area contributed by atoms with E-state index in [9.17, 15) is 9.59 Å². The van der Waals surface area contributed by atoms with Gasteiger partial charge in [-0.25, -0.2) is 4.79 Å². The molecule has 1 heterocycles. The molecule has 0 saturated heterocycles. The largest absolute Gasteiger partial charge is 0.460 e. The Morgan fingerprint density at radius 2 is 1.80 bits per heavy atom. The molecule has 0 fully saturated rings. The van der Waals surface area contributed by atoms with Crippen LogP contribution in [0.4, 0.5) is 0 Å². The number of aryl methyl sites for hydroxylation is 1. The highest BCUT2D eigenvalue weighted by Crippen LogP contribution is 2.19. The molecular weight excluding hydrogens is 324 g/mol. The van der Waals surface area contributed by atoms with Crippen molar-refractivity contribution in [1.29, 1.82) is 0 Å². The zero-order chi connectivity index (χ0) is 18.7. The van der Waals surface area contributed by atoms with Crippen LogP contribution in [0.5, 0.6) is 0 Å². The van der Waals surface area contributed by atoms with Crippen LogP contribution >= 0.6 is 0 Å². The summed E-state index contributed by atoms with van der Waals surface area (Å²) >= 11 is 0. The predicted molar refractivity (Wildman–Crippen MR) is 95.1 cm³/mol. The molecule has 0 bridgehead atoms. The summed E-state index contributed by atoms with van der Waals surface area (Å²) in [6.45, 7) is 8.02. The number of aromatic nitrogens is 1. The molecule has 142 valence electrons. The third kappa shape index (κ3) is 6.88. The van der Waals surface area contributed by atoms with Crippen LogP contribution in [-0.4, -0.2) is 56.9 Å². The van der Waals surface area contributed by atoms with Crippen molar-refractivity contribution in [3.05, 3.63) is 22.5 Å². The molecule has 1 aromatic heterocycles. The van der Waals surface area contributed by atoms with Gasteiger partial charge in [0.25, 0.3) is 5.91 Å². The first-order valence-electron chi connectivity index (χ1n) is 8.74. The summed E-state index contributed by atoms with van der Waals surface area (Å²) in [5, 5.41) is 2.84. The van der Waals surface area contributed by atoms with E-state index in [1.165, 1.54) is 7.11 Å². The van der Waals surface area contributed by atoms with Gasteiger partial charge in [0.05, 0.1) is 12.2 Å². The van der Waals surface area contributed by atoms with Crippen LogP contribution < -0.4 is 5.32 Å². The average Bonchev–Trinajstić information content (AvgIpc) is 2.88. The van der Waals surface area contributed by atoms with Gasteiger partial charge in [-0.3, -0.25) is 4.79 Å². The zero-order valence-electron chi connectivity index (χ0n) is 15.7. The minimum absolute atomic E-state index is 0.180. The first-order chi connectivity index (χ1) is 12.0. The molecule has 7 nitrogen and oxygen atoms in total. The highest BCUT2D eigenvalue weighted by atomic mass is 16.6. The van der Waals surface area contributed by atoms with E-state index in [4.69, 9.17) is 14.2 Å². The lowest BCUT2D eigenvalue weighted by atomic mass is 10.1. The second-order valence-corrected chi connectivity index (χ2v) is 5.83. The van der Waals surface area contributed by atoms with Crippen molar-refractivity contribution in [3.8, 4) is 0 Å². The van der Waals surface area contributed by atoms with E-state index in [0.717, 1.165) is 25.9 Å². The Labute approximate surface area is 149 Å². The first-order valence-corrected chi connectivity index (χ1v) is 8.74. The van der Waals surface area contributed by atoms with Crippen molar-refractivity contribution in [2.24, 2.45) is 0 Å². The van der Waals surface area contributed by atoms with Gasteiger partial charge in [-0.05, 0) is 32.3 Å². The number of hydrogen-bond donors (Lipinski definition) is 2. The maximum atomic E-state index is 12.3. The third-order valence-electron chi connectivity index (χ3n) is 3.78. The number of esters is 1. The Kier molecular flexibility index (Phi) is 9.87. The summed E-state index contributed by atoms with van der Waals surface area (Å²) in [6, 6.07) is 0. The molecule has 0 saturated carbocycles. The van der Waals surface area contributed by atoms with Gasteiger partial charge in [-0.2, -0.15) is 0 Å². The van der Waals surface area contributed by atoms with Gasteiger partial charge >= 0.3 is 5.97 Å². The number of hydrogen-bond acceptors (Lipinski definition) is 5. The minimum Gasteiger partial charge on any atom is -0.460 e. The average molecular weight is 354 g/mol. The molecule has 0 aliphatic rings. The van der Waals surface area contributed by atoms with E-state index >= 15 is 0 Å². The van der Waals surface area contributed by atoms with Gasteiger partial charge in [0.15, 0.2) is 0 Å². The van der Waals surface area contributed by atoms with Crippen LogP contribution in [0, 0.1) is 13.8 Å². The van der Waals surface area contributed by atoms with E-state index in [2.05, 4.69) is 17.2 Å². The molecule has 7 heteroatoms. The SMILES string of the molecule is CCCCOCCCNC(=O)c1[nH]c(C)c(C(=O)OCCOC)c1C. The molecule has 25 heavy (non-hydrogen) atoms. The third-order valence-corrected chi connectivity index (χ3v) is 3.78. The minimum atomic E-state index is -0.452. The molecule has 0 aliphatic carbocycles. The summed E-state index contributed by atoms with van der Waals surface area (Å²) < 4.78 is 15.5. The first kappa shape index (κ1) is 21.2. The van der Waals surface area contributed by atoms with Crippen molar-refractivity contribution in [3.63, 3.8) is 0 Å². The molecule has 0 spiro atoms. The summed E-state index contributed by atoms with van der Waals surface area (Å²) in [6.07, 6.45) is 2.91. The summed E-state index contributed by atoms with van der Waals surface area (Å²) in [5.41, 5.74) is 2.01. The van der Waals surface area contributed by atoms with E-state index < -0.39 is 5.97 Å². The van der Waals surface area contributed by atoms with Gasteiger partial charge in [-0.15, -0.1) is 0 Å². The van der Waals surface area contributed by atoms with Gasteiger partial charge in [0.2, 0.25) is 0 Å². The number of nitrogens with one attached hydrogen (secondary N) is 2. The smallest absolute Gasteiger partial charge is 0.340 e. The molecule has 0 atom stereocenters. The van der Waals surface area contributed by atoms with Crippen molar-refractivity contribution >= 4 is 11.9 Å². The van der Waals surface area contributed by atoms with E-state index in [1.807, 2.05) is 0 Å². The van der Waals surface area contributed by atoms with Crippen molar-refractivity contribution in [2.75, 3.05) is 40.1 Å². The number of rotatable bonds is 12. The van der Waals surface area contributed by atoms with Crippen molar-refractivity contribution < 1.29 is 23.8 Å². The molecular formula is C18H30N2O5. The Bertz CT molecular complexity index is 554. The predicted octanol–water partition coefficient (Wildman–Crippen LogP) is 2.37. The fourth-order valence-corrected chi connectivity index (χ4v) is 2.39. The van der Waals surface area contributed by atoms with E-state index in [0.29, 0.717) is 42.3 Å². The monoisotopic (exact) mass is 354 g/mol. The Balaban J connectivity index is 2.51. The zero-order valence-corrected chi connectivity index (χ0v) is 15.7. The Hall–Kier alpha value is -1.86. The second-order valence-electron chi connectivity index (χ2n) is 5.83. The van der Waals surface area contributed by atoms with Crippen LogP contribution in [0.1, 0.15) is 58.3 Å². The van der Waals surface area contributed by atoms with Crippen LogP contribution in [-0.2, 0) is 14.2 Å². The Morgan fingerprint density at radius 1 is 1.08 bits per heavy atom. The van der Waals surface area contributed by atoms with E-state index in [-0.39, 0.29) is 12.5 Å². The van der Waals surface area contributed by atoms with Crippen LogP contribution in [0.3, 0.4) is 0 Å². The van der Waals surface area contributed by atoms with Gasteiger partial charge < -0.3 is 24.5 Å². The molecule has 2 N–H and O–H groups in total. The number of ether oxygens (including phenoxy) is 3. The summed E-state index contributed by atoms with van der Waals surface area (Å²) in [4.78, 5) is 27.4. The molecule has 1 amide bonds. The number of H-pyrrole nitrogens is 1. The lowest BCUT2D eigenvalue weighted by molar-refractivity contribution is 0.0387. The number of aromatic amines is 1. The fourth-order valence-electron chi connectivity index (χ4n) is 2.39. The van der Waals surface area contributed by atoms with Gasteiger partial charge in [0, 0.05) is 32.6 Å². The number of methoxy groups -OCH3 is 1. The fraction of sp³-hybridized carbons (Fsp3) is 0.667. The molecule has 0 aromatic carbocycles. The normalized spacial score (nSPS) is 10.7. The number of carbonyl (C=O) groups excluding carboxylic acids is 2. The lowest BCUT2D eigenvalue weighted by Crippen LogP contribution is -2.26. The Morgan fingerprint density at radius 3 is 2.48 bits per heavy atom. The van der Waals surface area contributed by atoms with Gasteiger partial charge in [-0.1, -0.05) is 13.3 Å². The van der Waals surface area contributed by atoms with Crippen molar-refractivity contribution in [1.82, 2.24) is 10.3 Å². The second kappa shape index (κ2) is 11.7. The van der Waals surface area contributed by atoms with Crippen LogP contribution in [0.2, 0.25) is 0 Å². The maximum Gasteiger partial charge on any atom is 0.340 e. The van der Waals surface area contributed by atoms with Crippen LogP contribution in [0.15, 0.2) is 0 Å². The molecule has 0 aliphatic heterocycles. The highest BCUT2D eigenvalue weighted by Gasteiger charge is 2.22. The summed E-state index contributed by atoms with van der Waals surface area (Å²) in [7, 11) is 1.54. The molecule has 0 radical (unpaired) electrons. The highest BCUT2D eigenvalue weighted by molar-refractivity contribution is 6.00. The van der Waals surface area contributed by atoms with Gasteiger partial charge in [0.1, 0.15) is 12.3 Å². The number of unbranched alkanes of at least 4 members (excludes halogenated alkanes) is 1. The van der Waals surface area contributed by atoms with E-state index in [1.54, 1.807) is 13.8 Å². The van der Waals surface area contributed by atoms with Crippen LogP contribution in [0.25, 0.3) is 0 Å². The molecule has 0 unspecified atom stereocenters. The lowest BCUT2D eigenvalue weighted by Gasteiger charge is -2.06. The number of carbonyl (C=O) groups is 2. The standard InChI is InChI=1S/C18H30N2O5/c1-5-6-9-24-10-7-8-19-17(21)16-13(2)15(14(3)20-16)18(22)25-12-11-23-4/h20H,5-12H2,1-4H3,(H,19,21). The topological polar surface area (TPSA) is 89.7 Å². The quantitative estimate of drug-likeness (QED) is 0.444. The molecule has 1 rings (SSSR count). The maximum absolute atomic E-state index is 12.3. The van der Waals surface area contributed by atoms with Crippen molar-refractivity contribution in [2.45, 2.75) is 40.0 Å². The summed E-state index contributed by atoms with van der Waals surface area (Å²) in [5.74, 6) is -0.684. The number of amides is 1.